The quantitative estimate of drug-likeness (QED) is 0.144. The average Bonchev–Trinajstić information content (AvgIpc) is 3.05. The lowest BCUT2D eigenvalue weighted by Gasteiger charge is -2.23. The second kappa shape index (κ2) is 14.1. The number of fused-ring (bicyclic) bond motifs is 2. The Hall–Kier alpha value is -4.84. The van der Waals surface area contributed by atoms with Gasteiger partial charge in [0.15, 0.2) is 11.6 Å². The second-order valence-corrected chi connectivity index (χ2v) is 11.3. The van der Waals surface area contributed by atoms with E-state index in [1.807, 2.05) is 24.3 Å². The van der Waals surface area contributed by atoms with Gasteiger partial charge >= 0.3 is 0 Å². The van der Waals surface area contributed by atoms with Gasteiger partial charge in [-0.2, -0.15) is 0 Å². The first-order valence-electron chi connectivity index (χ1n) is 15.6. The van der Waals surface area contributed by atoms with Crippen molar-refractivity contribution in [1.29, 1.82) is 0 Å². The molecule has 44 heavy (non-hydrogen) atoms. The van der Waals surface area contributed by atoms with E-state index in [2.05, 4.69) is 24.5 Å². The predicted molar refractivity (Wildman–Crippen MR) is 175 cm³/mol. The first kappa shape index (κ1) is 30.6. The smallest absolute Gasteiger partial charge is 0.255 e. The summed E-state index contributed by atoms with van der Waals surface area (Å²) in [5, 5.41) is 5.71. The summed E-state index contributed by atoms with van der Waals surface area (Å²) in [5.41, 5.74) is 4.33. The summed E-state index contributed by atoms with van der Waals surface area (Å²) in [6, 6.07) is 24.6. The largest absolute Gasteiger partial charge is 0.321 e. The number of hydrogen-bond donors (Lipinski definition) is 2. The maximum Gasteiger partial charge on any atom is 0.255 e. The monoisotopic (exact) mass is 586 g/mol. The zero-order chi connectivity index (χ0) is 31.1. The van der Waals surface area contributed by atoms with E-state index in [-0.39, 0.29) is 57.0 Å². The molecule has 0 spiro atoms. The van der Waals surface area contributed by atoms with Gasteiger partial charge in [-0.05, 0) is 73.2 Å². The number of hydrogen-bond acceptors (Lipinski definition) is 4. The highest BCUT2D eigenvalue weighted by atomic mass is 16.2. The summed E-state index contributed by atoms with van der Waals surface area (Å²) >= 11 is 0. The van der Waals surface area contributed by atoms with Gasteiger partial charge in [-0.1, -0.05) is 88.1 Å². The molecule has 0 aromatic heterocycles. The lowest BCUT2D eigenvalue weighted by Crippen LogP contribution is -2.26. The standard InChI is InChI=1S/C38H38N2O4/c1-3-5-7-8-12-26-17-21-28(22-18-26)38(44)40-32-24-23-31(39-37(43)27-19-15-25(16-20-27)11-6-4-2)33-34(32)36(42)30-14-10-9-13-29(30)35(33)41/h9-10,13-24H,3-8,11-12H2,1-2H3,(H,39,43)(H,40,44). The van der Waals surface area contributed by atoms with Gasteiger partial charge in [0.2, 0.25) is 0 Å². The number of nitrogens with one attached hydrogen (secondary N) is 2. The van der Waals surface area contributed by atoms with Gasteiger partial charge in [0.1, 0.15) is 0 Å². The van der Waals surface area contributed by atoms with Crippen LogP contribution in [0.25, 0.3) is 0 Å². The van der Waals surface area contributed by atoms with Crippen LogP contribution in [0, 0.1) is 0 Å². The molecule has 0 bridgehead atoms. The lowest BCUT2D eigenvalue weighted by molar-refractivity contribution is 0.0977. The van der Waals surface area contributed by atoms with Crippen LogP contribution in [0.5, 0.6) is 0 Å². The fraction of sp³-hybridized carbons (Fsp3) is 0.263. The van der Waals surface area contributed by atoms with E-state index in [0.29, 0.717) is 11.1 Å². The van der Waals surface area contributed by atoms with Gasteiger partial charge in [-0.3, -0.25) is 19.2 Å². The topological polar surface area (TPSA) is 92.3 Å². The van der Waals surface area contributed by atoms with Crippen molar-refractivity contribution in [2.24, 2.45) is 0 Å². The fourth-order valence-corrected chi connectivity index (χ4v) is 5.60. The molecule has 0 heterocycles. The molecule has 0 atom stereocenters. The Bertz CT molecular complexity index is 1690. The Kier molecular flexibility index (Phi) is 9.80. The Morgan fingerprint density at radius 2 is 0.955 bits per heavy atom. The van der Waals surface area contributed by atoms with Crippen molar-refractivity contribution in [1.82, 2.24) is 0 Å². The van der Waals surface area contributed by atoms with Crippen LogP contribution in [0.15, 0.2) is 84.9 Å². The van der Waals surface area contributed by atoms with E-state index in [4.69, 9.17) is 0 Å². The van der Waals surface area contributed by atoms with Crippen LogP contribution >= 0.6 is 0 Å². The van der Waals surface area contributed by atoms with Crippen LogP contribution in [-0.2, 0) is 12.8 Å². The van der Waals surface area contributed by atoms with E-state index in [9.17, 15) is 19.2 Å². The summed E-state index contributed by atoms with van der Waals surface area (Å²) in [4.78, 5) is 54.2. The zero-order valence-corrected chi connectivity index (χ0v) is 25.4. The third-order valence-corrected chi connectivity index (χ3v) is 8.14. The van der Waals surface area contributed by atoms with Crippen LogP contribution in [0.1, 0.15) is 116 Å². The SMILES string of the molecule is CCCCCCc1ccc(C(=O)Nc2ccc(NC(=O)c3ccc(CCCC)cc3)c3c2C(=O)c2ccccc2C3=O)cc1. The summed E-state index contributed by atoms with van der Waals surface area (Å²) < 4.78 is 0. The van der Waals surface area contributed by atoms with E-state index in [0.717, 1.165) is 37.7 Å². The van der Waals surface area contributed by atoms with E-state index >= 15 is 0 Å². The van der Waals surface area contributed by atoms with Crippen LogP contribution in [0.2, 0.25) is 0 Å². The van der Waals surface area contributed by atoms with Gasteiger partial charge in [0.05, 0.1) is 22.5 Å². The van der Waals surface area contributed by atoms with Crippen molar-refractivity contribution < 1.29 is 19.2 Å². The third-order valence-electron chi connectivity index (χ3n) is 8.14. The molecule has 224 valence electrons. The number of unbranched alkanes of at least 4 members (excludes halogenated alkanes) is 4. The van der Waals surface area contributed by atoms with Crippen molar-refractivity contribution in [3.05, 3.63) is 129 Å². The predicted octanol–water partition coefficient (Wildman–Crippen LogP) is 8.43. The summed E-state index contributed by atoms with van der Waals surface area (Å²) in [6.07, 6.45) is 8.75. The van der Waals surface area contributed by atoms with Gasteiger partial charge in [0.25, 0.3) is 11.8 Å². The van der Waals surface area contributed by atoms with Gasteiger partial charge < -0.3 is 10.6 Å². The molecule has 0 aliphatic heterocycles. The Morgan fingerprint density at radius 3 is 1.39 bits per heavy atom. The number of benzene rings is 4. The summed E-state index contributed by atoms with van der Waals surface area (Å²) in [5.74, 6) is -1.54. The van der Waals surface area contributed by atoms with Crippen molar-refractivity contribution in [2.75, 3.05) is 10.6 Å². The third kappa shape index (κ3) is 6.70. The Balaban J connectivity index is 1.42. The van der Waals surface area contributed by atoms with E-state index < -0.39 is 0 Å². The molecule has 6 heteroatoms. The van der Waals surface area contributed by atoms with Crippen molar-refractivity contribution in [2.45, 2.75) is 65.2 Å². The molecule has 0 saturated heterocycles. The summed E-state index contributed by atoms with van der Waals surface area (Å²) in [7, 11) is 0. The number of anilines is 2. The second-order valence-electron chi connectivity index (χ2n) is 11.3. The van der Waals surface area contributed by atoms with Gasteiger partial charge in [-0.25, -0.2) is 0 Å². The molecular formula is C38H38N2O4. The number of aryl methyl sites for hydroxylation is 2. The minimum absolute atomic E-state index is 0.0712. The minimum Gasteiger partial charge on any atom is -0.321 e. The number of amides is 2. The molecule has 4 aromatic rings. The van der Waals surface area contributed by atoms with E-state index in [1.165, 1.54) is 24.8 Å². The first-order valence-corrected chi connectivity index (χ1v) is 15.6. The summed E-state index contributed by atoms with van der Waals surface area (Å²) in [6.45, 7) is 4.32. The molecule has 0 radical (unpaired) electrons. The molecule has 0 fully saturated rings. The number of carbonyl (C=O) groups excluding carboxylic acids is 4. The molecule has 1 aliphatic rings. The fourth-order valence-electron chi connectivity index (χ4n) is 5.60. The van der Waals surface area contributed by atoms with E-state index in [1.54, 1.807) is 60.7 Å². The normalized spacial score (nSPS) is 12.0. The molecule has 0 saturated carbocycles. The average molecular weight is 587 g/mol. The number of ketones is 2. The number of carbonyl (C=O) groups is 4. The Morgan fingerprint density at radius 1 is 0.523 bits per heavy atom. The molecule has 4 aromatic carbocycles. The molecule has 5 rings (SSSR count). The Labute approximate surface area is 258 Å². The van der Waals surface area contributed by atoms with Crippen molar-refractivity contribution in [3.63, 3.8) is 0 Å². The maximum absolute atomic E-state index is 13.8. The molecule has 2 amide bonds. The van der Waals surface area contributed by atoms with Crippen LogP contribution < -0.4 is 10.6 Å². The highest BCUT2D eigenvalue weighted by molar-refractivity contribution is 6.33. The van der Waals surface area contributed by atoms with Crippen LogP contribution in [0.4, 0.5) is 11.4 Å². The van der Waals surface area contributed by atoms with Crippen molar-refractivity contribution in [3.8, 4) is 0 Å². The molecule has 0 unspecified atom stereocenters. The highest BCUT2D eigenvalue weighted by Crippen LogP contribution is 2.37. The van der Waals surface area contributed by atoms with Crippen LogP contribution in [-0.4, -0.2) is 23.4 Å². The van der Waals surface area contributed by atoms with Crippen LogP contribution in [0.3, 0.4) is 0 Å². The van der Waals surface area contributed by atoms with Gasteiger partial charge in [-0.15, -0.1) is 0 Å². The van der Waals surface area contributed by atoms with Crippen molar-refractivity contribution >= 4 is 34.8 Å². The molecule has 2 N–H and O–H groups in total. The zero-order valence-electron chi connectivity index (χ0n) is 25.4. The molecule has 6 nitrogen and oxygen atoms in total. The number of rotatable bonds is 12. The highest BCUT2D eigenvalue weighted by Gasteiger charge is 2.34. The van der Waals surface area contributed by atoms with Gasteiger partial charge in [0, 0.05) is 22.3 Å². The molecular weight excluding hydrogens is 548 g/mol. The first-order chi connectivity index (χ1) is 21.4. The maximum atomic E-state index is 13.8. The molecule has 1 aliphatic carbocycles. The minimum atomic E-state index is -0.389. The lowest BCUT2D eigenvalue weighted by atomic mass is 9.82.